The number of nitrogens with zero attached hydrogens (tertiary/aromatic N) is 1. The normalized spacial score (nSPS) is 12.0. The van der Waals surface area contributed by atoms with Gasteiger partial charge in [-0.05, 0) is 30.3 Å². The van der Waals surface area contributed by atoms with Crippen molar-refractivity contribution in [3.05, 3.63) is 78.3 Å². The second-order valence-corrected chi connectivity index (χ2v) is 6.68. The van der Waals surface area contributed by atoms with E-state index < -0.39 is 6.10 Å². The maximum Gasteiger partial charge on any atom is 0.165 e. The Bertz CT molecular complexity index is 851. The van der Waals surface area contributed by atoms with Crippen LogP contribution < -0.4 is 14.2 Å². The molecule has 29 heavy (non-hydrogen) atoms. The van der Waals surface area contributed by atoms with Crippen LogP contribution in [0, 0.1) is 0 Å². The van der Waals surface area contributed by atoms with Crippen LogP contribution in [0.3, 0.4) is 0 Å². The van der Waals surface area contributed by atoms with Crippen molar-refractivity contribution in [3.63, 3.8) is 0 Å². The summed E-state index contributed by atoms with van der Waals surface area (Å²) in [6, 6.07) is 19.0. The lowest BCUT2D eigenvalue weighted by molar-refractivity contribution is 0.0601. The first-order valence-electron chi connectivity index (χ1n) is 9.50. The van der Waals surface area contributed by atoms with Gasteiger partial charge in [-0.25, -0.2) is 0 Å². The van der Waals surface area contributed by atoms with Crippen molar-refractivity contribution in [1.29, 1.82) is 0 Å². The summed E-state index contributed by atoms with van der Waals surface area (Å²) in [4.78, 5) is 2.09. The zero-order valence-electron chi connectivity index (χ0n) is 16.8. The van der Waals surface area contributed by atoms with Crippen molar-refractivity contribution in [2.24, 2.45) is 0 Å². The van der Waals surface area contributed by atoms with Gasteiger partial charge in [-0.15, -0.1) is 0 Å². The average Bonchev–Trinajstić information content (AvgIpc) is 3.25. The molecule has 1 aromatic heterocycles. The van der Waals surface area contributed by atoms with Gasteiger partial charge in [0.2, 0.25) is 0 Å². The van der Waals surface area contributed by atoms with Crippen LogP contribution in [0.4, 0.5) is 0 Å². The molecule has 6 nitrogen and oxygen atoms in total. The first-order chi connectivity index (χ1) is 14.2. The highest BCUT2D eigenvalue weighted by Crippen LogP contribution is 2.31. The first kappa shape index (κ1) is 20.8. The molecule has 2 aromatic carbocycles. The van der Waals surface area contributed by atoms with Crippen LogP contribution in [0.15, 0.2) is 71.3 Å². The minimum Gasteiger partial charge on any atom is -0.493 e. The average molecular weight is 397 g/mol. The number of hydrogen-bond acceptors (Lipinski definition) is 6. The molecule has 0 spiro atoms. The van der Waals surface area contributed by atoms with Crippen molar-refractivity contribution in [3.8, 4) is 17.2 Å². The minimum atomic E-state index is -0.665. The molecule has 0 radical (unpaired) electrons. The molecule has 0 aliphatic heterocycles. The van der Waals surface area contributed by atoms with E-state index in [9.17, 15) is 5.11 Å². The molecule has 0 saturated carbocycles. The zero-order valence-corrected chi connectivity index (χ0v) is 16.8. The van der Waals surface area contributed by atoms with E-state index in [0.717, 1.165) is 17.1 Å². The summed E-state index contributed by atoms with van der Waals surface area (Å²) in [7, 11) is 3.24. The van der Waals surface area contributed by atoms with Gasteiger partial charge in [-0.3, -0.25) is 4.90 Å². The fourth-order valence-electron chi connectivity index (χ4n) is 3.19. The van der Waals surface area contributed by atoms with Crippen LogP contribution in [-0.4, -0.2) is 43.5 Å². The van der Waals surface area contributed by atoms with E-state index in [-0.39, 0.29) is 6.61 Å². The van der Waals surface area contributed by atoms with E-state index in [1.807, 2.05) is 60.7 Å². The van der Waals surface area contributed by atoms with Gasteiger partial charge in [0, 0.05) is 18.7 Å². The smallest absolute Gasteiger partial charge is 0.165 e. The highest BCUT2D eigenvalue weighted by Gasteiger charge is 2.18. The lowest BCUT2D eigenvalue weighted by atomic mass is 10.1. The molecule has 1 atom stereocenters. The highest BCUT2D eigenvalue weighted by atomic mass is 16.5. The molecule has 1 heterocycles. The van der Waals surface area contributed by atoms with Gasteiger partial charge in [-0.2, -0.15) is 0 Å². The number of rotatable bonds is 11. The molecule has 0 amide bonds. The Labute approximate surface area is 171 Å². The van der Waals surface area contributed by atoms with E-state index >= 15 is 0 Å². The maximum atomic E-state index is 10.6. The number of methoxy groups -OCH3 is 2. The zero-order chi connectivity index (χ0) is 20.5. The number of aliphatic hydroxyl groups is 1. The van der Waals surface area contributed by atoms with Crippen LogP contribution in [-0.2, 0) is 13.1 Å². The maximum absolute atomic E-state index is 10.6. The molecular formula is C23H27NO5. The van der Waals surface area contributed by atoms with Crippen molar-refractivity contribution in [2.45, 2.75) is 19.2 Å². The summed E-state index contributed by atoms with van der Waals surface area (Å²) in [6.07, 6.45) is 0.982. The largest absolute Gasteiger partial charge is 0.493 e. The molecule has 0 saturated heterocycles. The Morgan fingerprint density at radius 3 is 2.45 bits per heavy atom. The molecule has 3 aromatic rings. The monoisotopic (exact) mass is 397 g/mol. The summed E-state index contributed by atoms with van der Waals surface area (Å²) < 4.78 is 22.1. The number of furan rings is 1. The summed E-state index contributed by atoms with van der Waals surface area (Å²) >= 11 is 0. The van der Waals surface area contributed by atoms with Crippen LogP contribution in [0.2, 0.25) is 0 Å². The molecule has 0 aliphatic rings. The van der Waals surface area contributed by atoms with Crippen molar-refractivity contribution < 1.29 is 23.7 Å². The van der Waals surface area contributed by atoms with E-state index in [4.69, 9.17) is 18.6 Å². The standard InChI is InChI=1S/C23H27NO5/c1-26-22-12-6-8-18(23(22)27-2)14-24(16-21-11-7-13-28-21)15-19(25)17-29-20-9-4-3-5-10-20/h3-13,19,25H,14-17H2,1-2H3/t19-/m0/s1. The van der Waals surface area contributed by atoms with Crippen molar-refractivity contribution >= 4 is 0 Å². The predicted octanol–water partition coefficient (Wildman–Crippen LogP) is 3.74. The molecule has 154 valence electrons. The van der Waals surface area contributed by atoms with Gasteiger partial charge in [0.25, 0.3) is 0 Å². The lowest BCUT2D eigenvalue weighted by Crippen LogP contribution is -2.35. The second-order valence-electron chi connectivity index (χ2n) is 6.68. The van der Waals surface area contributed by atoms with Gasteiger partial charge >= 0.3 is 0 Å². The molecule has 6 heteroatoms. The molecule has 0 unspecified atom stereocenters. The van der Waals surface area contributed by atoms with Gasteiger partial charge in [0.15, 0.2) is 11.5 Å². The van der Waals surface area contributed by atoms with Crippen molar-refractivity contribution in [2.75, 3.05) is 27.4 Å². The fraction of sp³-hybridized carbons (Fsp3) is 0.304. The van der Waals surface area contributed by atoms with Crippen LogP contribution in [0.1, 0.15) is 11.3 Å². The van der Waals surface area contributed by atoms with Gasteiger partial charge < -0.3 is 23.7 Å². The third kappa shape index (κ3) is 6.01. The van der Waals surface area contributed by atoms with Gasteiger partial charge in [-0.1, -0.05) is 30.3 Å². The number of aliphatic hydroxyl groups excluding tert-OH is 1. The predicted molar refractivity (Wildman–Crippen MR) is 110 cm³/mol. The summed E-state index contributed by atoms with van der Waals surface area (Å²) in [6.45, 7) is 1.72. The molecule has 0 bridgehead atoms. The third-order valence-electron chi connectivity index (χ3n) is 4.49. The Balaban J connectivity index is 1.69. The van der Waals surface area contributed by atoms with Crippen LogP contribution in [0.5, 0.6) is 17.2 Å². The summed E-state index contributed by atoms with van der Waals surface area (Å²) in [5.74, 6) is 2.92. The van der Waals surface area contributed by atoms with E-state index in [1.54, 1.807) is 20.5 Å². The minimum absolute atomic E-state index is 0.202. The topological polar surface area (TPSA) is 64.3 Å². The van der Waals surface area contributed by atoms with E-state index in [2.05, 4.69) is 4.90 Å². The SMILES string of the molecule is COc1cccc(CN(Cc2ccco2)C[C@H](O)COc2ccccc2)c1OC. The summed E-state index contributed by atoms with van der Waals surface area (Å²) in [5.41, 5.74) is 0.967. The number of hydrogen-bond donors (Lipinski definition) is 1. The van der Waals surface area contributed by atoms with Gasteiger partial charge in [0.05, 0.1) is 27.0 Å². The Morgan fingerprint density at radius 1 is 0.931 bits per heavy atom. The molecule has 0 aliphatic carbocycles. The fourth-order valence-corrected chi connectivity index (χ4v) is 3.19. The quantitative estimate of drug-likeness (QED) is 0.532. The third-order valence-corrected chi connectivity index (χ3v) is 4.49. The van der Waals surface area contributed by atoms with Crippen LogP contribution in [0.25, 0.3) is 0 Å². The molecule has 1 N–H and O–H groups in total. The first-order valence-corrected chi connectivity index (χ1v) is 9.50. The molecular weight excluding hydrogens is 370 g/mol. The van der Waals surface area contributed by atoms with E-state index in [0.29, 0.717) is 31.1 Å². The second kappa shape index (κ2) is 10.5. The lowest BCUT2D eigenvalue weighted by Gasteiger charge is -2.25. The Kier molecular flexibility index (Phi) is 7.55. The summed E-state index contributed by atoms with van der Waals surface area (Å²) in [5, 5.41) is 10.6. The van der Waals surface area contributed by atoms with E-state index in [1.165, 1.54) is 0 Å². The van der Waals surface area contributed by atoms with Crippen molar-refractivity contribution in [1.82, 2.24) is 4.90 Å². The molecule has 3 rings (SSSR count). The van der Waals surface area contributed by atoms with Crippen LogP contribution >= 0.6 is 0 Å². The molecule has 0 fully saturated rings. The number of para-hydroxylation sites is 2. The number of ether oxygens (including phenoxy) is 3. The highest BCUT2D eigenvalue weighted by molar-refractivity contribution is 5.46. The Hall–Kier alpha value is -2.96. The van der Waals surface area contributed by atoms with Gasteiger partial charge in [0.1, 0.15) is 24.2 Å². The number of benzene rings is 2. The Morgan fingerprint density at radius 2 is 1.76 bits per heavy atom.